The van der Waals surface area contributed by atoms with Crippen molar-refractivity contribution in [3.05, 3.63) is 32.1 Å². The van der Waals surface area contributed by atoms with E-state index in [0.717, 1.165) is 4.52 Å². The smallest absolute Gasteiger partial charge is 0.317 e. The summed E-state index contributed by atoms with van der Waals surface area (Å²) in [6.45, 7) is 3.82. The highest BCUT2D eigenvalue weighted by Gasteiger charge is 2.25. The van der Waals surface area contributed by atoms with Crippen LogP contribution in [-0.4, -0.2) is 23.3 Å². The molecule has 0 aromatic carbocycles. The largest absolute Gasteiger partial charge is 0.490 e. The van der Waals surface area contributed by atoms with Gasteiger partial charge in [-0.2, -0.15) is 4.52 Å². The monoisotopic (exact) mass is 252 g/mol. The zero-order valence-electron chi connectivity index (χ0n) is 10.9. The van der Waals surface area contributed by atoms with Gasteiger partial charge in [-0.3, -0.25) is 9.59 Å². The van der Waals surface area contributed by atoms with Crippen molar-refractivity contribution >= 4 is 0 Å². The lowest BCUT2D eigenvalue weighted by Crippen LogP contribution is -2.22. The van der Waals surface area contributed by atoms with Gasteiger partial charge in [0.15, 0.2) is 0 Å². The molecule has 2 heterocycles. The average molecular weight is 252 g/mol. The van der Waals surface area contributed by atoms with Crippen LogP contribution >= 0.6 is 0 Å². The third-order valence-corrected chi connectivity index (χ3v) is 3.09. The molecule has 0 saturated carbocycles. The van der Waals surface area contributed by atoms with Crippen LogP contribution in [0.15, 0.2) is 9.59 Å². The topological polar surface area (TPSA) is 61.4 Å². The van der Waals surface area contributed by atoms with Crippen LogP contribution in [0.5, 0.6) is 11.5 Å². The van der Waals surface area contributed by atoms with E-state index in [-0.39, 0.29) is 11.5 Å². The minimum Gasteiger partial charge on any atom is -0.490 e. The van der Waals surface area contributed by atoms with E-state index in [9.17, 15) is 9.59 Å². The first-order valence-electron chi connectivity index (χ1n) is 5.85. The van der Waals surface area contributed by atoms with Gasteiger partial charge >= 0.3 is 11.1 Å². The summed E-state index contributed by atoms with van der Waals surface area (Å²) in [6.07, 6.45) is 1.19. The van der Waals surface area contributed by atoms with Crippen molar-refractivity contribution in [1.82, 2.24) is 9.03 Å². The molecule has 2 rings (SSSR count). The predicted molar refractivity (Wildman–Crippen MR) is 66.4 cm³/mol. The summed E-state index contributed by atoms with van der Waals surface area (Å²) in [7, 11) is 2.87. The van der Waals surface area contributed by atoms with Crippen molar-refractivity contribution in [2.24, 2.45) is 0 Å². The SMILES string of the molecule is CCc1c(OC)c(=O)n2c(=O)c(OC)c(CC)n12. The first-order chi connectivity index (χ1) is 8.62. The van der Waals surface area contributed by atoms with E-state index in [1.807, 2.05) is 13.8 Å². The zero-order chi connectivity index (χ0) is 13.4. The summed E-state index contributed by atoms with van der Waals surface area (Å²) >= 11 is 0. The third-order valence-electron chi connectivity index (χ3n) is 3.09. The number of hydrogen-bond acceptors (Lipinski definition) is 4. The molecule has 0 saturated heterocycles. The molecule has 6 nitrogen and oxygen atoms in total. The molecule has 0 aliphatic carbocycles. The Morgan fingerprint density at radius 2 is 1.22 bits per heavy atom. The van der Waals surface area contributed by atoms with E-state index >= 15 is 0 Å². The minimum absolute atomic E-state index is 0.229. The van der Waals surface area contributed by atoms with Gasteiger partial charge < -0.3 is 9.47 Å². The van der Waals surface area contributed by atoms with Gasteiger partial charge in [-0.15, -0.1) is 0 Å². The molecule has 0 N–H and O–H groups in total. The lowest BCUT2D eigenvalue weighted by Gasteiger charge is -2.03. The van der Waals surface area contributed by atoms with Crippen molar-refractivity contribution in [3.8, 4) is 11.5 Å². The molecule has 18 heavy (non-hydrogen) atoms. The highest BCUT2D eigenvalue weighted by molar-refractivity contribution is 5.36. The first-order valence-corrected chi connectivity index (χ1v) is 5.85. The van der Waals surface area contributed by atoms with Gasteiger partial charge in [0.1, 0.15) is 0 Å². The van der Waals surface area contributed by atoms with Gasteiger partial charge in [-0.05, 0) is 12.8 Å². The van der Waals surface area contributed by atoms with Gasteiger partial charge in [0.25, 0.3) is 0 Å². The van der Waals surface area contributed by atoms with Crippen LogP contribution in [0.2, 0.25) is 0 Å². The molecule has 0 amide bonds. The zero-order valence-corrected chi connectivity index (χ0v) is 10.9. The van der Waals surface area contributed by atoms with E-state index < -0.39 is 11.1 Å². The molecule has 0 atom stereocenters. The number of rotatable bonds is 4. The molecule has 2 aromatic heterocycles. The number of aryl methyl sites for hydroxylation is 2. The summed E-state index contributed by atoms with van der Waals surface area (Å²) in [6, 6.07) is 0. The van der Waals surface area contributed by atoms with Gasteiger partial charge in [-0.25, -0.2) is 4.52 Å². The highest BCUT2D eigenvalue weighted by atomic mass is 16.5. The van der Waals surface area contributed by atoms with Crippen LogP contribution in [-0.2, 0) is 12.8 Å². The van der Waals surface area contributed by atoms with Crippen LogP contribution in [0, 0.1) is 0 Å². The van der Waals surface area contributed by atoms with Crippen molar-refractivity contribution < 1.29 is 9.47 Å². The summed E-state index contributed by atoms with van der Waals surface area (Å²) in [5, 5.41) is 0. The second-order valence-corrected chi connectivity index (χ2v) is 3.90. The molecule has 0 spiro atoms. The lowest BCUT2D eigenvalue weighted by atomic mass is 10.2. The Balaban J connectivity index is 3.05. The van der Waals surface area contributed by atoms with E-state index in [0.29, 0.717) is 24.2 Å². The van der Waals surface area contributed by atoms with Crippen molar-refractivity contribution in [1.29, 1.82) is 0 Å². The lowest BCUT2D eigenvalue weighted by molar-refractivity contribution is 0.399. The average Bonchev–Trinajstić information content (AvgIpc) is 2.81. The molecule has 0 fully saturated rings. The molecule has 0 aliphatic rings. The quantitative estimate of drug-likeness (QED) is 0.787. The molecular weight excluding hydrogens is 236 g/mol. The van der Waals surface area contributed by atoms with Crippen LogP contribution in [0.25, 0.3) is 0 Å². The van der Waals surface area contributed by atoms with Crippen LogP contribution in [0.4, 0.5) is 0 Å². The number of hydrogen-bond donors (Lipinski definition) is 0. The van der Waals surface area contributed by atoms with E-state index in [1.54, 1.807) is 4.52 Å². The van der Waals surface area contributed by atoms with E-state index in [1.165, 1.54) is 14.2 Å². The van der Waals surface area contributed by atoms with Crippen LogP contribution < -0.4 is 20.6 Å². The normalized spacial score (nSPS) is 11.1. The van der Waals surface area contributed by atoms with Crippen LogP contribution in [0.3, 0.4) is 0 Å². The maximum absolute atomic E-state index is 12.1. The summed E-state index contributed by atoms with van der Waals surface area (Å²) in [5.74, 6) is 0.457. The fraction of sp³-hybridized carbons (Fsp3) is 0.500. The van der Waals surface area contributed by atoms with E-state index in [4.69, 9.17) is 9.47 Å². The Morgan fingerprint density at radius 1 is 0.833 bits per heavy atom. The standard InChI is InChI=1S/C12H16N2O4/c1-5-7-9(17-3)11(15)14-12(16)10(18-4)8(6-2)13(7)14/h5-6H2,1-4H3. The summed E-state index contributed by atoms with van der Waals surface area (Å²) in [5.41, 5.74) is 0.522. The van der Waals surface area contributed by atoms with Gasteiger partial charge in [0.05, 0.1) is 25.6 Å². The fourth-order valence-electron chi connectivity index (χ4n) is 2.34. The number of ether oxygens (including phenoxy) is 2. The van der Waals surface area contributed by atoms with E-state index in [2.05, 4.69) is 0 Å². The Hall–Kier alpha value is -1.98. The maximum atomic E-state index is 12.1. The molecule has 6 heteroatoms. The molecule has 0 bridgehead atoms. The highest BCUT2D eigenvalue weighted by Crippen LogP contribution is 2.21. The van der Waals surface area contributed by atoms with Gasteiger partial charge in [-0.1, -0.05) is 13.8 Å². The summed E-state index contributed by atoms with van der Waals surface area (Å²) < 4.78 is 12.9. The van der Waals surface area contributed by atoms with Crippen molar-refractivity contribution in [3.63, 3.8) is 0 Å². The molecule has 98 valence electrons. The Kier molecular flexibility index (Phi) is 3.02. The molecular formula is C12H16N2O4. The molecule has 2 aromatic rings. The number of fused-ring (bicyclic) bond motifs is 1. The van der Waals surface area contributed by atoms with Gasteiger partial charge in [0.2, 0.25) is 11.5 Å². The first kappa shape index (κ1) is 12.5. The second-order valence-electron chi connectivity index (χ2n) is 3.90. The van der Waals surface area contributed by atoms with Crippen molar-refractivity contribution in [2.45, 2.75) is 26.7 Å². The number of nitrogens with zero attached hydrogens (tertiary/aromatic N) is 2. The molecule has 0 aliphatic heterocycles. The Morgan fingerprint density at radius 3 is 1.50 bits per heavy atom. The maximum Gasteiger partial charge on any atom is 0.317 e. The Labute approximate surface area is 104 Å². The number of aromatic nitrogens is 2. The second kappa shape index (κ2) is 4.36. The third kappa shape index (κ3) is 1.35. The molecule has 0 radical (unpaired) electrons. The van der Waals surface area contributed by atoms with Crippen molar-refractivity contribution in [2.75, 3.05) is 14.2 Å². The fourth-order valence-corrected chi connectivity index (χ4v) is 2.34. The van der Waals surface area contributed by atoms with Crippen LogP contribution in [0.1, 0.15) is 25.2 Å². The summed E-state index contributed by atoms with van der Waals surface area (Å²) in [4.78, 5) is 24.2. The van der Waals surface area contributed by atoms with Gasteiger partial charge in [0, 0.05) is 0 Å². The molecule has 0 unspecified atom stereocenters. The Bertz CT molecular complexity index is 628. The predicted octanol–water partition coefficient (Wildman–Crippen LogP) is 0.339. The number of methoxy groups -OCH3 is 2. The minimum atomic E-state index is -0.433.